The van der Waals surface area contributed by atoms with Crippen molar-refractivity contribution in [2.75, 3.05) is 5.32 Å². The molecule has 166 valence electrons. The Bertz CT molecular complexity index is 1260. The summed E-state index contributed by atoms with van der Waals surface area (Å²) in [6.45, 7) is 0. The molecule has 0 aliphatic carbocycles. The van der Waals surface area contributed by atoms with Crippen LogP contribution in [-0.2, 0) is 11.2 Å². The molecule has 0 fully saturated rings. The molecular formula is C24H18BrFN4O2S. The summed E-state index contributed by atoms with van der Waals surface area (Å²) in [5.74, 6) is -1.51. The van der Waals surface area contributed by atoms with E-state index in [-0.39, 0.29) is 12.0 Å². The van der Waals surface area contributed by atoms with E-state index >= 15 is 0 Å². The number of amides is 2. The minimum absolute atomic E-state index is 0.134. The smallest absolute Gasteiger partial charge is 0.252 e. The van der Waals surface area contributed by atoms with Crippen molar-refractivity contribution >= 4 is 44.2 Å². The number of rotatable bonds is 7. The highest BCUT2D eigenvalue weighted by molar-refractivity contribution is 9.10. The van der Waals surface area contributed by atoms with Crippen LogP contribution in [-0.4, -0.2) is 28.1 Å². The average molecular weight is 525 g/mol. The Balaban J connectivity index is 1.51. The minimum Gasteiger partial charge on any atom is -0.340 e. The second-order valence-electron chi connectivity index (χ2n) is 7.13. The third kappa shape index (κ3) is 6.09. The fourth-order valence-corrected chi connectivity index (χ4v) is 4.12. The van der Waals surface area contributed by atoms with Gasteiger partial charge in [-0.25, -0.2) is 4.39 Å². The van der Waals surface area contributed by atoms with Gasteiger partial charge in [0.1, 0.15) is 16.9 Å². The van der Waals surface area contributed by atoms with E-state index in [1.54, 1.807) is 0 Å². The standard InChI is InChI=1S/C24H18BrFN4O2S/c25-18-11-9-16(10-12-18)23-29-30-24(33-23)28-22(32)20(13-15-5-2-1-3-6-15)27-21(31)17-7-4-8-19(26)14-17/h1-12,14,20H,13H2,(H,27,31)(H,28,30,32)/t20-/m1/s1. The maximum Gasteiger partial charge on any atom is 0.252 e. The van der Waals surface area contributed by atoms with Crippen LogP contribution in [0.25, 0.3) is 10.6 Å². The molecule has 9 heteroatoms. The number of carbonyl (C=O) groups excluding carboxylic acids is 2. The van der Waals surface area contributed by atoms with E-state index in [0.29, 0.717) is 10.1 Å². The highest BCUT2D eigenvalue weighted by Gasteiger charge is 2.23. The summed E-state index contributed by atoms with van der Waals surface area (Å²) in [4.78, 5) is 25.8. The number of anilines is 1. The van der Waals surface area contributed by atoms with Gasteiger partial charge in [-0.15, -0.1) is 10.2 Å². The van der Waals surface area contributed by atoms with Crippen LogP contribution < -0.4 is 10.6 Å². The van der Waals surface area contributed by atoms with Gasteiger partial charge in [-0.2, -0.15) is 0 Å². The molecule has 0 spiro atoms. The van der Waals surface area contributed by atoms with Crippen LogP contribution in [0.2, 0.25) is 0 Å². The molecule has 0 aliphatic heterocycles. The molecule has 4 aromatic rings. The van der Waals surface area contributed by atoms with E-state index in [9.17, 15) is 14.0 Å². The van der Waals surface area contributed by atoms with Crippen LogP contribution in [0.3, 0.4) is 0 Å². The molecular weight excluding hydrogens is 507 g/mol. The highest BCUT2D eigenvalue weighted by Crippen LogP contribution is 2.27. The Morgan fingerprint density at radius 2 is 1.73 bits per heavy atom. The number of nitrogens with one attached hydrogen (secondary N) is 2. The second-order valence-corrected chi connectivity index (χ2v) is 9.03. The van der Waals surface area contributed by atoms with Gasteiger partial charge in [0.25, 0.3) is 5.91 Å². The lowest BCUT2D eigenvalue weighted by molar-refractivity contribution is -0.118. The summed E-state index contributed by atoms with van der Waals surface area (Å²) in [5, 5.41) is 14.6. The van der Waals surface area contributed by atoms with Gasteiger partial charge < -0.3 is 5.32 Å². The molecule has 0 bridgehead atoms. The van der Waals surface area contributed by atoms with Crippen molar-refractivity contribution in [3.8, 4) is 10.6 Å². The summed E-state index contributed by atoms with van der Waals surface area (Å²) >= 11 is 4.62. The predicted molar refractivity (Wildman–Crippen MR) is 129 cm³/mol. The number of nitrogens with zero attached hydrogens (tertiary/aromatic N) is 2. The first kappa shape index (κ1) is 22.8. The van der Waals surface area contributed by atoms with Crippen molar-refractivity contribution in [1.82, 2.24) is 15.5 Å². The van der Waals surface area contributed by atoms with Crippen molar-refractivity contribution in [2.24, 2.45) is 0 Å². The number of hydrogen-bond acceptors (Lipinski definition) is 5. The lowest BCUT2D eigenvalue weighted by Crippen LogP contribution is -2.45. The summed E-state index contributed by atoms with van der Waals surface area (Å²) in [6, 6.07) is 21.3. The van der Waals surface area contributed by atoms with Gasteiger partial charge in [0.15, 0.2) is 0 Å². The van der Waals surface area contributed by atoms with Crippen molar-refractivity contribution in [3.63, 3.8) is 0 Å². The average Bonchev–Trinajstić information content (AvgIpc) is 3.28. The monoisotopic (exact) mass is 524 g/mol. The molecule has 33 heavy (non-hydrogen) atoms. The molecule has 3 aromatic carbocycles. The predicted octanol–water partition coefficient (Wildman–Crippen LogP) is 5.09. The third-order valence-electron chi connectivity index (χ3n) is 4.74. The van der Waals surface area contributed by atoms with E-state index < -0.39 is 23.7 Å². The Morgan fingerprint density at radius 3 is 2.45 bits per heavy atom. The zero-order chi connectivity index (χ0) is 23.2. The van der Waals surface area contributed by atoms with Gasteiger partial charge in [-0.05, 0) is 35.9 Å². The van der Waals surface area contributed by atoms with E-state index in [2.05, 4.69) is 36.8 Å². The number of halogens is 2. The molecule has 0 unspecified atom stereocenters. The molecule has 6 nitrogen and oxygen atoms in total. The van der Waals surface area contributed by atoms with Gasteiger partial charge in [-0.3, -0.25) is 14.9 Å². The molecule has 1 heterocycles. The zero-order valence-corrected chi connectivity index (χ0v) is 19.6. The van der Waals surface area contributed by atoms with Crippen LogP contribution in [0.5, 0.6) is 0 Å². The Morgan fingerprint density at radius 1 is 0.970 bits per heavy atom. The highest BCUT2D eigenvalue weighted by atomic mass is 79.9. The van der Waals surface area contributed by atoms with Crippen LogP contribution >= 0.6 is 27.3 Å². The number of benzene rings is 3. The fourth-order valence-electron chi connectivity index (χ4n) is 3.11. The summed E-state index contributed by atoms with van der Waals surface area (Å²) in [7, 11) is 0. The van der Waals surface area contributed by atoms with Gasteiger partial charge in [0.05, 0.1) is 0 Å². The van der Waals surface area contributed by atoms with Crippen LogP contribution in [0, 0.1) is 5.82 Å². The lowest BCUT2D eigenvalue weighted by Gasteiger charge is -2.18. The Labute approximate surface area is 202 Å². The first-order chi connectivity index (χ1) is 16.0. The zero-order valence-electron chi connectivity index (χ0n) is 17.2. The van der Waals surface area contributed by atoms with E-state index in [0.717, 1.165) is 21.7 Å². The van der Waals surface area contributed by atoms with Gasteiger partial charge in [-0.1, -0.05) is 75.8 Å². The number of aromatic nitrogens is 2. The molecule has 1 aromatic heterocycles. The summed E-state index contributed by atoms with van der Waals surface area (Å²) in [6.07, 6.45) is 0.256. The Hall–Kier alpha value is -3.43. The molecule has 2 N–H and O–H groups in total. The molecule has 0 saturated heterocycles. The van der Waals surface area contributed by atoms with Gasteiger partial charge in [0.2, 0.25) is 11.0 Å². The van der Waals surface area contributed by atoms with E-state index in [4.69, 9.17) is 0 Å². The van der Waals surface area contributed by atoms with E-state index in [1.165, 1.54) is 29.5 Å². The lowest BCUT2D eigenvalue weighted by atomic mass is 10.0. The SMILES string of the molecule is O=C(N[C@H](Cc1ccccc1)C(=O)Nc1nnc(-c2ccc(Br)cc2)s1)c1cccc(F)c1. The number of hydrogen-bond donors (Lipinski definition) is 2. The summed E-state index contributed by atoms with van der Waals surface area (Å²) in [5.41, 5.74) is 1.87. The fraction of sp³-hybridized carbons (Fsp3) is 0.0833. The van der Waals surface area contributed by atoms with Crippen molar-refractivity contribution in [3.05, 3.63) is 100 Å². The minimum atomic E-state index is -0.900. The van der Waals surface area contributed by atoms with E-state index in [1.807, 2.05) is 54.6 Å². The largest absolute Gasteiger partial charge is 0.340 e. The maximum atomic E-state index is 13.5. The van der Waals surface area contributed by atoms with Gasteiger partial charge >= 0.3 is 0 Å². The van der Waals surface area contributed by atoms with Gasteiger partial charge in [0, 0.05) is 22.0 Å². The van der Waals surface area contributed by atoms with Crippen LogP contribution in [0.15, 0.2) is 83.3 Å². The normalized spacial score (nSPS) is 11.6. The maximum absolute atomic E-state index is 13.5. The molecule has 0 saturated carbocycles. The van der Waals surface area contributed by atoms with Crippen LogP contribution in [0.1, 0.15) is 15.9 Å². The summed E-state index contributed by atoms with van der Waals surface area (Å²) < 4.78 is 14.5. The van der Waals surface area contributed by atoms with Crippen LogP contribution in [0.4, 0.5) is 9.52 Å². The first-order valence-electron chi connectivity index (χ1n) is 9.98. The number of carbonyl (C=O) groups is 2. The molecule has 1 atom stereocenters. The first-order valence-corrected chi connectivity index (χ1v) is 11.6. The second kappa shape index (κ2) is 10.5. The third-order valence-corrected chi connectivity index (χ3v) is 6.15. The topological polar surface area (TPSA) is 84.0 Å². The Kier molecular flexibility index (Phi) is 7.21. The van der Waals surface area contributed by atoms with Crippen molar-refractivity contribution < 1.29 is 14.0 Å². The molecule has 0 aliphatic rings. The molecule has 2 amide bonds. The molecule has 0 radical (unpaired) electrons. The van der Waals surface area contributed by atoms with Crippen molar-refractivity contribution in [2.45, 2.75) is 12.5 Å². The quantitative estimate of drug-likeness (QED) is 0.352. The molecule has 4 rings (SSSR count). The van der Waals surface area contributed by atoms with Crippen molar-refractivity contribution in [1.29, 1.82) is 0 Å².